The summed E-state index contributed by atoms with van der Waals surface area (Å²) in [6, 6.07) is 6.42. The highest BCUT2D eigenvalue weighted by Crippen LogP contribution is 2.30. The molecule has 0 spiro atoms. The van der Waals surface area contributed by atoms with Crippen molar-refractivity contribution in [3.63, 3.8) is 0 Å². The van der Waals surface area contributed by atoms with Gasteiger partial charge in [-0.15, -0.1) is 12.4 Å². The fraction of sp³-hybridized carbons (Fsp3) is 0.154. The third-order valence-corrected chi connectivity index (χ3v) is 3.83. The van der Waals surface area contributed by atoms with Crippen LogP contribution in [0.15, 0.2) is 30.6 Å². The zero-order valence-corrected chi connectivity index (χ0v) is 14.2. The normalized spacial score (nSPS) is 13.6. The van der Waals surface area contributed by atoms with Gasteiger partial charge in [0.15, 0.2) is 0 Å². The van der Waals surface area contributed by atoms with E-state index < -0.39 is 10.2 Å². The molecule has 0 aliphatic carbocycles. The Morgan fingerprint density at radius 3 is 2.79 bits per heavy atom. The van der Waals surface area contributed by atoms with Crippen LogP contribution in [-0.2, 0) is 16.8 Å². The van der Waals surface area contributed by atoms with Crippen molar-refractivity contribution >= 4 is 40.2 Å². The van der Waals surface area contributed by atoms with Gasteiger partial charge in [0.25, 0.3) is 10.2 Å². The molecule has 0 saturated heterocycles. The number of amides is 2. The van der Waals surface area contributed by atoms with Crippen LogP contribution in [0.3, 0.4) is 0 Å². The molecule has 1 aromatic carbocycles. The molecular weight excluding hydrogens is 356 g/mol. The zero-order valence-electron chi connectivity index (χ0n) is 12.6. The van der Waals surface area contributed by atoms with Gasteiger partial charge in [-0.2, -0.15) is 8.42 Å². The number of carbonyl (C=O) groups excluding carboxylic acids is 1. The lowest BCUT2D eigenvalue weighted by Gasteiger charge is -2.26. The Morgan fingerprint density at radius 2 is 2.08 bits per heavy atom. The molecule has 2 heterocycles. The van der Waals surface area contributed by atoms with Gasteiger partial charge in [-0.1, -0.05) is 12.1 Å². The third-order valence-electron chi connectivity index (χ3n) is 3.31. The average Bonchev–Trinajstić information content (AvgIpc) is 2.46. The van der Waals surface area contributed by atoms with Gasteiger partial charge in [-0.05, 0) is 12.1 Å². The number of urea groups is 1. The molecule has 0 saturated carbocycles. The number of nitrogens with one attached hydrogen (secondary N) is 2. The van der Waals surface area contributed by atoms with E-state index in [2.05, 4.69) is 20.0 Å². The van der Waals surface area contributed by atoms with E-state index in [4.69, 9.17) is 5.14 Å². The van der Waals surface area contributed by atoms with Crippen molar-refractivity contribution in [1.82, 2.24) is 14.9 Å². The first-order valence-electron chi connectivity index (χ1n) is 6.60. The summed E-state index contributed by atoms with van der Waals surface area (Å²) in [5.41, 5.74) is 2.37. The maximum absolute atomic E-state index is 11.7. The first-order valence-corrected chi connectivity index (χ1v) is 8.15. The van der Waals surface area contributed by atoms with Crippen LogP contribution in [0, 0.1) is 0 Å². The molecular formula is C13H15ClN6O3S. The van der Waals surface area contributed by atoms with Gasteiger partial charge in [-0.3, -0.25) is 10.0 Å². The van der Waals surface area contributed by atoms with E-state index in [0.29, 0.717) is 29.3 Å². The summed E-state index contributed by atoms with van der Waals surface area (Å²) in [7, 11) is -2.20. The molecule has 4 N–H and O–H groups in total. The Bertz CT molecular complexity index is 889. The SMILES string of the molecule is CN1Cc2c(ncnc2-c2cccc(NS(N)(=O)=O)c2)NC1=O.Cl. The standard InChI is InChI=1S/C13H14N6O3S.ClH/c1-19-6-10-11(15-7-16-12(10)17-13(19)20)8-3-2-4-9(5-8)18-23(14,21)22;/h2-5,7,18H,6H2,1H3,(H2,14,21,22)(H,15,16,17,20);1H. The second kappa shape index (κ2) is 6.59. The molecule has 128 valence electrons. The Labute approximate surface area is 144 Å². The van der Waals surface area contributed by atoms with Crippen LogP contribution < -0.4 is 15.2 Å². The van der Waals surface area contributed by atoms with Crippen LogP contribution in [0.4, 0.5) is 16.3 Å². The number of fused-ring (bicyclic) bond motifs is 1. The summed E-state index contributed by atoms with van der Waals surface area (Å²) in [4.78, 5) is 21.5. The van der Waals surface area contributed by atoms with Crippen molar-refractivity contribution in [2.75, 3.05) is 17.1 Å². The summed E-state index contributed by atoms with van der Waals surface area (Å²) in [5, 5.41) is 7.66. The van der Waals surface area contributed by atoms with Crippen LogP contribution >= 0.6 is 12.4 Å². The molecule has 0 fully saturated rings. The van der Waals surface area contributed by atoms with Crippen molar-refractivity contribution in [1.29, 1.82) is 0 Å². The quantitative estimate of drug-likeness (QED) is 0.746. The van der Waals surface area contributed by atoms with Gasteiger partial charge in [0, 0.05) is 18.2 Å². The van der Waals surface area contributed by atoms with Crippen molar-refractivity contribution in [3.05, 3.63) is 36.2 Å². The van der Waals surface area contributed by atoms with Crippen molar-refractivity contribution in [2.24, 2.45) is 5.14 Å². The van der Waals surface area contributed by atoms with E-state index in [-0.39, 0.29) is 18.4 Å². The Hall–Kier alpha value is -2.43. The van der Waals surface area contributed by atoms with Crippen LogP contribution in [-0.4, -0.2) is 36.4 Å². The number of rotatable bonds is 3. The molecule has 0 atom stereocenters. The monoisotopic (exact) mass is 370 g/mol. The van der Waals surface area contributed by atoms with E-state index in [9.17, 15) is 13.2 Å². The maximum atomic E-state index is 11.7. The number of nitrogens with zero attached hydrogens (tertiary/aromatic N) is 3. The van der Waals surface area contributed by atoms with E-state index >= 15 is 0 Å². The largest absolute Gasteiger partial charge is 0.323 e. The molecule has 0 unspecified atom stereocenters. The fourth-order valence-electron chi connectivity index (χ4n) is 2.32. The number of anilines is 2. The Morgan fingerprint density at radius 1 is 1.33 bits per heavy atom. The van der Waals surface area contributed by atoms with E-state index in [1.165, 1.54) is 11.2 Å². The minimum Gasteiger partial charge on any atom is -0.323 e. The van der Waals surface area contributed by atoms with Crippen molar-refractivity contribution < 1.29 is 13.2 Å². The lowest BCUT2D eigenvalue weighted by atomic mass is 10.0. The van der Waals surface area contributed by atoms with Crippen molar-refractivity contribution in [2.45, 2.75) is 6.54 Å². The smallest absolute Gasteiger partial charge is 0.323 e. The molecule has 3 rings (SSSR count). The number of benzene rings is 1. The van der Waals surface area contributed by atoms with Crippen LogP contribution in [0.25, 0.3) is 11.3 Å². The minimum atomic E-state index is -3.86. The van der Waals surface area contributed by atoms with Gasteiger partial charge < -0.3 is 4.90 Å². The lowest BCUT2D eigenvalue weighted by molar-refractivity contribution is 0.218. The third kappa shape index (κ3) is 3.72. The summed E-state index contributed by atoms with van der Waals surface area (Å²) < 4.78 is 24.5. The highest BCUT2D eigenvalue weighted by molar-refractivity contribution is 7.90. The lowest BCUT2D eigenvalue weighted by Crippen LogP contribution is -2.36. The molecule has 9 nitrogen and oxygen atoms in total. The maximum Gasteiger partial charge on any atom is 0.323 e. The average molecular weight is 371 g/mol. The number of carbonyl (C=O) groups is 1. The molecule has 11 heteroatoms. The van der Waals surface area contributed by atoms with Gasteiger partial charge in [0.2, 0.25) is 0 Å². The number of hydrogen-bond acceptors (Lipinski definition) is 5. The van der Waals surface area contributed by atoms with Crippen LogP contribution in [0.5, 0.6) is 0 Å². The molecule has 0 bridgehead atoms. The summed E-state index contributed by atoms with van der Waals surface area (Å²) >= 11 is 0. The van der Waals surface area contributed by atoms with Crippen LogP contribution in [0.1, 0.15) is 5.56 Å². The van der Waals surface area contributed by atoms with Crippen molar-refractivity contribution in [3.8, 4) is 11.3 Å². The second-order valence-corrected chi connectivity index (χ2v) is 6.36. The predicted octanol–water partition coefficient (Wildman–Crippen LogP) is 1.16. The number of nitrogens with two attached hydrogens (primary N) is 1. The molecule has 2 amide bonds. The van der Waals surface area contributed by atoms with Gasteiger partial charge in [0.05, 0.1) is 17.9 Å². The summed E-state index contributed by atoms with van der Waals surface area (Å²) in [6.07, 6.45) is 1.35. The summed E-state index contributed by atoms with van der Waals surface area (Å²) in [6.45, 7) is 0.351. The molecule has 0 radical (unpaired) electrons. The van der Waals surface area contributed by atoms with E-state index in [0.717, 1.165) is 5.56 Å². The molecule has 1 aliphatic heterocycles. The molecule has 2 aromatic rings. The first kappa shape index (κ1) is 17.9. The van der Waals surface area contributed by atoms with Gasteiger partial charge in [0.1, 0.15) is 12.1 Å². The highest BCUT2D eigenvalue weighted by atomic mass is 35.5. The first-order chi connectivity index (χ1) is 10.8. The minimum absolute atomic E-state index is 0. The number of halogens is 1. The van der Waals surface area contributed by atoms with E-state index in [1.807, 2.05) is 0 Å². The van der Waals surface area contributed by atoms with E-state index in [1.54, 1.807) is 31.3 Å². The molecule has 1 aliphatic rings. The number of aromatic nitrogens is 2. The Balaban J connectivity index is 0.00000208. The molecule has 1 aromatic heterocycles. The van der Waals surface area contributed by atoms with Crippen LogP contribution in [0.2, 0.25) is 0 Å². The van der Waals surface area contributed by atoms with Gasteiger partial charge in [-0.25, -0.2) is 19.9 Å². The molecule has 24 heavy (non-hydrogen) atoms. The number of hydrogen-bond donors (Lipinski definition) is 3. The zero-order chi connectivity index (χ0) is 16.6. The van der Waals surface area contributed by atoms with Gasteiger partial charge >= 0.3 is 6.03 Å². The highest BCUT2D eigenvalue weighted by Gasteiger charge is 2.24. The Kier molecular flexibility index (Phi) is 4.92. The topological polar surface area (TPSA) is 130 Å². The summed E-state index contributed by atoms with van der Waals surface area (Å²) in [5.74, 6) is 0.447. The fourth-order valence-corrected chi connectivity index (χ4v) is 2.77. The predicted molar refractivity (Wildman–Crippen MR) is 91.9 cm³/mol. The second-order valence-electron chi connectivity index (χ2n) is 5.06.